The van der Waals surface area contributed by atoms with Crippen LogP contribution in [0.15, 0.2) is 48.5 Å². The molecule has 0 bridgehead atoms. The third-order valence-corrected chi connectivity index (χ3v) is 3.38. The number of aliphatic hydroxyl groups is 1. The maximum absolute atomic E-state index is 12.1. The fraction of sp³-hybridized carbons (Fsp3) is 0.316. The highest BCUT2D eigenvalue weighted by Crippen LogP contribution is 2.20. The maximum atomic E-state index is 12.1. The Hall–Kier alpha value is -2.33. The van der Waals surface area contributed by atoms with Gasteiger partial charge in [-0.2, -0.15) is 0 Å². The highest BCUT2D eigenvalue weighted by Gasteiger charge is 2.12. The molecule has 4 heteroatoms. The molecule has 4 nitrogen and oxygen atoms in total. The van der Waals surface area contributed by atoms with Crippen LogP contribution in [0.4, 0.5) is 0 Å². The van der Waals surface area contributed by atoms with E-state index in [9.17, 15) is 9.90 Å². The Morgan fingerprint density at radius 2 is 1.87 bits per heavy atom. The molecule has 2 rings (SSSR count). The van der Waals surface area contributed by atoms with Crippen molar-refractivity contribution in [2.75, 3.05) is 6.54 Å². The van der Waals surface area contributed by atoms with Crippen LogP contribution in [0, 0.1) is 6.92 Å². The highest BCUT2D eigenvalue weighted by molar-refractivity contribution is 5.94. The Labute approximate surface area is 137 Å². The Bertz CT molecular complexity index is 650. The van der Waals surface area contributed by atoms with Gasteiger partial charge in [-0.25, -0.2) is 0 Å². The summed E-state index contributed by atoms with van der Waals surface area (Å²) in [4.78, 5) is 12.1. The fourth-order valence-corrected chi connectivity index (χ4v) is 2.18. The first kappa shape index (κ1) is 17.0. The smallest absolute Gasteiger partial charge is 0.251 e. The Balaban J connectivity index is 1.95. The van der Waals surface area contributed by atoms with E-state index in [4.69, 9.17) is 4.74 Å². The number of hydrogen-bond acceptors (Lipinski definition) is 3. The van der Waals surface area contributed by atoms with Crippen LogP contribution in [0.5, 0.6) is 5.75 Å². The number of rotatable bonds is 6. The van der Waals surface area contributed by atoms with Gasteiger partial charge in [0.25, 0.3) is 5.91 Å². The van der Waals surface area contributed by atoms with Gasteiger partial charge in [0.05, 0.1) is 12.2 Å². The number of amides is 1. The molecule has 23 heavy (non-hydrogen) atoms. The van der Waals surface area contributed by atoms with Gasteiger partial charge in [0.1, 0.15) is 5.75 Å². The summed E-state index contributed by atoms with van der Waals surface area (Å²) in [6, 6.07) is 14.6. The minimum Gasteiger partial charge on any atom is -0.491 e. The van der Waals surface area contributed by atoms with Crippen molar-refractivity contribution in [1.29, 1.82) is 0 Å². The van der Waals surface area contributed by atoms with Crippen LogP contribution in [-0.2, 0) is 0 Å². The number of carbonyl (C=O) groups excluding carboxylic acids is 1. The summed E-state index contributed by atoms with van der Waals surface area (Å²) in [5, 5.41) is 13.0. The van der Waals surface area contributed by atoms with E-state index >= 15 is 0 Å². The molecule has 0 aromatic heterocycles. The molecular weight excluding hydrogens is 290 g/mol. The second-order valence-electron chi connectivity index (χ2n) is 5.83. The van der Waals surface area contributed by atoms with Crippen molar-refractivity contribution in [1.82, 2.24) is 5.32 Å². The first-order valence-corrected chi connectivity index (χ1v) is 7.75. The van der Waals surface area contributed by atoms with E-state index in [-0.39, 0.29) is 18.6 Å². The van der Waals surface area contributed by atoms with E-state index in [2.05, 4.69) is 5.32 Å². The molecule has 0 aliphatic heterocycles. The van der Waals surface area contributed by atoms with Gasteiger partial charge in [0, 0.05) is 12.1 Å². The standard InChI is InChI=1S/C19H23NO3/c1-13(2)23-17-6-4-5-16(11-17)18(21)12-20-19(22)15-9-7-14(3)8-10-15/h4-11,13,18,21H,12H2,1-3H3,(H,20,22). The summed E-state index contributed by atoms with van der Waals surface area (Å²) >= 11 is 0. The van der Waals surface area contributed by atoms with E-state index in [1.165, 1.54) is 0 Å². The van der Waals surface area contributed by atoms with Gasteiger partial charge in [-0.1, -0.05) is 29.8 Å². The normalized spacial score (nSPS) is 12.0. The van der Waals surface area contributed by atoms with E-state index in [0.29, 0.717) is 16.9 Å². The van der Waals surface area contributed by atoms with Crippen LogP contribution in [0.2, 0.25) is 0 Å². The quantitative estimate of drug-likeness (QED) is 0.860. The fourth-order valence-electron chi connectivity index (χ4n) is 2.18. The summed E-state index contributed by atoms with van der Waals surface area (Å²) < 4.78 is 5.61. The average Bonchev–Trinajstić information content (AvgIpc) is 2.52. The zero-order chi connectivity index (χ0) is 16.8. The van der Waals surface area contributed by atoms with Gasteiger partial charge in [-0.15, -0.1) is 0 Å². The Morgan fingerprint density at radius 3 is 2.52 bits per heavy atom. The molecule has 122 valence electrons. The van der Waals surface area contributed by atoms with E-state index < -0.39 is 6.10 Å². The molecule has 2 N–H and O–H groups in total. The monoisotopic (exact) mass is 313 g/mol. The third-order valence-electron chi connectivity index (χ3n) is 3.38. The number of nitrogens with one attached hydrogen (secondary N) is 1. The SMILES string of the molecule is Cc1ccc(C(=O)NCC(O)c2cccc(OC(C)C)c2)cc1. The molecule has 0 aliphatic rings. The molecule has 2 aromatic rings. The van der Waals surface area contributed by atoms with Crippen LogP contribution in [0.3, 0.4) is 0 Å². The number of aryl methyl sites for hydroxylation is 1. The van der Waals surface area contributed by atoms with Crippen molar-refractivity contribution in [3.63, 3.8) is 0 Å². The second kappa shape index (κ2) is 7.79. The molecule has 0 spiro atoms. The molecule has 0 fully saturated rings. The van der Waals surface area contributed by atoms with Gasteiger partial charge in [0.2, 0.25) is 0 Å². The predicted octanol–water partition coefficient (Wildman–Crippen LogP) is 3.25. The van der Waals surface area contributed by atoms with E-state index in [1.54, 1.807) is 18.2 Å². The van der Waals surface area contributed by atoms with E-state index in [1.807, 2.05) is 51.1 Å². The number of benzene rings is 2. The van der Waals surface area contributed by atoms with Crippen molar-refractivity contribution in [3.8, 4) is 5.75 Å². The molecule has 0 saturated heterocycles. The maximum Gasteiger partial charge on any atom is 0.251 e. The average molecular weight is 313 g/mol. The van der Waals surface area contributed by atoms with Gasteiger partial charge < -0.3 is 15.2 Å². The highest BCUT2D eigenvalue weighted by atomic mass is 16.5. The number of carbonyl (C=O) groups is 1. The van der Waals surface area contributed by atoms with Crippen molar-refractivity contribution in [3.05, 3.63) is 65.2 Å². The summed E-state index contributed by atoms with van der Waals surface area (Å²) in [6.07, 6.45) is -0.705. The Morgan fingerprint density at radius 1 is 1.17 bits per heavy atom. The molecular formula is C19H23NO3. The minimum atomic E-state index is -0.778. The predicted molar refractivity (Wildman–Crippen MR) is 90.7 cm³/mol. The lowest BCUT2D eigenvalue weighted by Crippen LogP contribution is -2.28. The number of aliphatic hydroxyl groups excluding tert-OH is 1. The van der Waals surface area contributed by atoms with Gasteiger partial charge in [-0.05, 0) is 50.6 Å². The van der Waals surface area contributed by atoms with Crippen molar-refractivity contribution < 1.29 is 14.6 Å². The van der Waals surface area contributed by atoms with Gasteiger partial charge >= 0.3 is 0 Å². The Kier molecular flexibility index (Phi) is 5.77. The lowest BCUT2D eigenvalue weighted by atomic mass is 10.1. The van der Waals surface area contributed by atoms with Crippen LogP contribution in [0.1, 0.15) is 41.4 Å². The largest absolute Gasteiger partial charge is 0.491 e. The summed E-state index contributed by atoms with van der Waals surface area (Å²) in [5.74, 6) is 0.514. The van der Waals surface area contributed by atoms with Crippen molar-refractivity contribution in [2.45, 2.75) is 33.0 Å². The first-order valence-electron chi connectivity index (χ1n) is 7.75. The zero-order valence-corrected chi connectivity index (χ0v) is 13.7. The molecule has 0 aliphatic carbocycles. The lowest BCUT2D eigenvalue weighted by molar-refractivity contribution is 0.0916. The molecule has 0 heterocycles. The van der Waals surface area contributed by atoms with Crippen LogP contribution < -0.4 is 10.1 Å². The van der Waals surface area contributed by atoms with Crippen LogP contribution >= 0.6 is 0 Å². The second-order valence-corrected chi connectivity index (χ2v) is 5.83. The molecule has 1 unspecified atom stereocenters. The molecule has 0 radical (unpaired) electrons. The number of ether oxygens (including phenoxy) is 1. The number of hydrogen-bond donors (Lipinski definition) is 2. The first-order chi connectivity index (χ1) is 11.0. The third kappa shape index (κ3) is 5.11. The summed E-state index contributed by atoms with van der Waals surface area (Å²) in [7, 11) is 0. The summed E-state index contributed by atoms with van der Waals surface area (Å²) in [5.41, 5.74) is 2.40. The molecule has 0 saturated carbocycles. The lowest BCUT2D eigenvalue weighted by Gasteiger charge is -2.15. The van der Waals surface area contributed by atoms with Gasteiger partial charge in [-0.3, -0.25) is 4.79 Å². The van der Waals surface area contributed by atoms with Crippen molar-refractivity contribution in [2.24, 2.45) is 0 Å². The van der Waals surface area contributed by atoms with Crippen LogP contribution in [0.25, 0.3) is 0 Å². The molecule has 2 aromatic carbocycles. The minimum absolute atomic E-state index is 0.0728. The van der Waals surface area contributed by atoms with Crippen molar-refractivity contribution >= 4 is 5.91 Å². The van der Waals surface area contributed by atoms with E-state index in [0.717, 1.165) is 5.56 Å². The topological polar surface area (TPSA) is 58.6 Å². The molecule has 1 amide bonds. The summed E-state index contributed by atoms with van der Waals surface area (Å²) in [6.45, 7) is 6.02. The van der Waals surface area contributed by atoms with Gasteiger partial charge in [0.15, 0.2) is 0 Å². The van der Waals surface area contributed by atoms with Crippen LogP contribution in [-0.4, -0.2) is 23.7 Å². The molecule has 1 atom stereocenters. The zero-order valence-electron chi connectivity index (χ0n) is 13.7.